The van der Waals surface area contributed by atoms with Gasteiger partial charge in [-0.2, -0.15) is 0 Å². The largest absolute Gasteiger partial charge is 0.480 e. The predicted octanol–water partition coefficient (Wildman–Crippen LogP) is -0.469. The molecule has 0 spiro atoms. The summed E-state index contributed by atoms with van der Waals surface area (Å²) < 4.78 is 0. The third-order valence-electron chi connectivity index (χ3n) is 2.14. The van der Waals surface area contributed by atoms with E-state index < -0.39 is 18.0 Å². The first-order valence-corrected chi connectivity index (χ1v) is 5.36. The Hall–Kier alpha value is -1.79. The molecule has 0 heterocycles. The van der Waals surface area contributed by atoms with E-state index in [1.54, 1.807) is 13.8 Å². The zero-order valence-corrected chi connectivity index (χ0v) is 10.2. The summed E-state index contributed by atoms with van der Waals surface area (Å²) in [6.45, 7) is 3.56. The summed E-state index contributed by atoms with van der Waals surface area (Å²) >= 11 is 0. The van der Waals surface area contributed by atoms with Crippen molar-refractivity contribution < 1.29 is 19.5 Å². The fraction of sp³-hybridized carbons (Fsp3) is 0.700. The zero-order valence-electron chi connectivity index (χ0n) is 10.2. The van der Waals surface area contributed by atoms with Crippen LogP contribution in [-0.2, 0) is 9.59 Å². The number of amides is 3. The highest BCUT2D eigenvalue weighted by atomic mass is 16.4. The van der Waals surface area contributed by atoms with Gasteiger partial charge in [-0.05, 0) is 5.92 Å². The zero-order chi connectivity index (χ0) is 13.4. The number of urea groups is 1. The van der Waals surface area contributed by atoms with Crippen LogP contribution in [0.3, 0.4) is 0 Å². The number of hydrogen-bond acceptors (Lipinski definition) is 3. The van der Waals surface area contributed by atoms with Crippen LogP contribution in [0.15, 0.2) is 0 Å². The van der Waals surface area contributed by atoms with Crippen LogP contribution in [0.1, 0.15) is 20.3 Å². The molecule has 0 fully saturated rings. The number of carbonyl (C=O) groups excluding carboxylic acids is 2. The second-order valence-corrected chi connectivity index (χ2v) is 3.88. The standard InChI is InChI=1S/C10H19N3O4/c1-6(2)8(9(15)16)13-10(17)12-5-4-7(14)11-3/h6,8H,4-5H2,1-3H3,(H,11,14)(H,15,16)(H2,12,13,17)/t8-/m1/s1. The van der Waals surface area contributed by atoms with Gasteiger partial charge in [0.2, 0.25) is 5.91 Å². The van der Waals surface area contributed by atoms with E-state index >= 15 is 0 Å². The summed E-state index contributed by atoms with van der Waals surface area (Å²) in [6, 6.07) is -1.52. The van der Waals surface area contributed by atoms with Crippen LogP contribution in [0.25, 0.3) is 0 Å². The molecule has 0 aliphatic heterocycles. The minimum Gasteiger partial charge on any atom is -0.480 e. The van der Waals surface area contributed by atoms with Gasteiger partial charge < -0.3 is 21.1 Å². The molecule has 0 radical (unpaired) electrons. The monoisotopic (exact) mass is 245 g/mol. The third-order valence-corrected chi connectivity index (χ3v) is 2.14. The van der Waals surface area contributed by atoms with Gasteiger partial charge >= 0.3 is 12.0 Å². The van der Waals surface area contributed by atoms with Crippen molar-refractivity contribution in [3.8, 4) is 0 Å². The Labute approximate surface area is 100.0 Å². The van der Waals surface area contributed by atoms with Crippen molar-refractivity contribution in [1.29, 1.82) is 0 Å². The molecule has 0 aliphatic carbocycles. The molecule has 0 saturated carbocycles. The number of carbonyl (C=O) groups is 3. The summed E-state index contributed by atoms with van der Waals surface area (Å²) in [5, 5.41) is 16.0. The molecule has 0 aromatic heterocycles. The van der Waals surface area contributed by atoms with Crippen LogP contribution in [-0.4, -0.2) is 42.6 Å². The average molecular weight is 245 g/mol. The molecule has 0 rings (SSSR count). The van der Waals surface area contributed by atoms with Crippen molar-refractivity contribution in [3.05, 3.63) is 0 Å². The highest BCUT2D eigenvalue weighted by Crippen LogP contribution is 2.01. The van der Waals surface area contributed by atoms with Crippen LogP contribution in [0.2, 0.25) is 0 Å². The van der Waals surface area contributed by atoms with Gasteiger partial charge in [0.1, 0.15) is 6.04 Å². The van der Waals surface area contributed by atoms with Crippen LogP contribution in [0.5, 0.6) is 0 Å². The molecule has 3 amide bonds. The molecule has 4 N–H and O–H groups in total. The first-order valence-electron chi connectivity index (χ1n) is 5.36. The molecule has 1 atom stereocenters. The number of aliphatic carboxylic acids is 1. The molecule has 7 heteroatoms. The lowest BCUT2D eigenvalue weighted by atomic mass is 10.1. The van der Waals surface area contributed by atoms with Crippen LogP contribution < -0.4 is 16.0 Å². The van der Waals surface area contributed by atoms with Crippen molar-refractivity contribution in [3.63, 3.8) is 0 Å². The van der Waals surface area contributed by atoms with Gasteiger partial charge in [-0.25, -0.2) is 9.59 Å². The van der Waals surface area contributed by atoms with Gasteiger partial charge in [-0.1, -0.05) is 13.8 Å². The normalized spacial score (nSPS) is 11.8. The van der Waals surface area contributed by atoms with E-state index in [4.69, 9.17) is 5.11 Å². The maximum atomic E-state index is 11.3. The highest BCUT2D eigenvalue weighted by molar-refractivity contribution is 5.83. The number of nitrogens with one attached hydrogen (secondary N) is 3. The lowest BCUT2D eigenvalue weighted by Crippen LogP contribution is -2.49. The Morgan fingerprint density at radius 2 is 1.82 bits per heavy atom. The predicted molar refractivity (Wildman–Crippen MR) is 61.5 cm³/mol. The Morgan fingerprint density at radius 3 is 2.24 bits per heavy atom. The molecule has 0 aromatic rings. The van der Waals surface area contributed by atoms with Crippen molar-refractivity contribution >= 4 is 17.9 Å². The third kappa shape index (κ3) is 6.39. The van der Waals surface area contributed by atoms with E-state index in [0.29, 0.717) is 0 Å². The van der Waals surface area contributed by atoms with Crippen LogP contribution >= 0.6 is 0 Å². The maximum absolute atomic E-state index is 11.3. The molecule has 0 saturated heterocycles. The maximum Gasteiger partial charge on any atom is 0.326 e. The summed E-state index contributed by atoms with van der Waals surface area (Å²) in [6.07, 6.45) is 0.156. The SMILES string of the molecule is CNC(=O)CCNC(=O)N[C@@H](C(=O)O)C(C)C. The van der Waals surface area contributed by atoms with Gasteiger partial charge in [0.05, 0.1) is 0 Å². The molecule has 0 bridgehead atoms. The van der Waals surface area contributed by atoms with Crippen LogP contribution in [0, 0.1) is 5.92 Å². The number of hydrogen-bond donors (Lipinski definition) is 4. The lowest BCUT2D eigenvalue weighted by molar-refractivity contribution is -0.140. The van der Waals surface area contributed by atoms with Gasteiger partial charge in [0.15, 0.2) is 0 Å². The van der Waals surface area contributed by atoms with E-state index in [9.17, 15) is 14.4 Å². The summed E-state index contributed by atoms with van der Waals surface area (Å²) in [4.78, 5) is 33.0. The summed E-state index contributed by atoms with van der Waals surface area (Å²) in [5.74, 6) is -1.48. The summed E-state index contributed by atoms with van der Waals surface area (Å²) in [7, 11) is 1.50. The van der Waals surface area contributed by atoms with E-state index in [-0.39, 0.29) is 24.8 Å². The van der Waals surface area contributed by atoms with Gasteiger partial charge in [0, 0.05) is 20.0 Å². The van der Waals surface area contributed by atoms with Gasteiger partial charge in [0.25, 0.3) is 0 Å². The molecular formula is C10H19N3O4. The Morgan fingerprint density at radius 1 is 1.24 bits per heavy atom. The van der Waals surface area contributed by atoms with E-state index in [2.05, 4.69) is 16.0 Å². The fourth-order valence-electron chi connectivity index (χ4n) is 1.12. The Kier molecular flexibility index (Phi) is 6.69. The molecule has 0 aromatic carbocycles. The van der Waals surface area contributed by atoms with Crippen molar-refractivity contribution in [2.45, 2.75) is 26.3 Å². The molecule has 0 aliphatic rings. The van der Waals surface area contributed by atoms with Crippen molar-refractivity contribution in [2.75, 3.05) is 13.6 Å². The van der Waals surface area contributed by atoms with Crippen LogP contribution in [0.4, 0.5) is 4.79 Å². The summed E-state index contributed by atoms with van der Waals surface area (Å²) in [5.41, 5.74) is 0. The topological polar surface area (TPSA) is 108 Å². The number of carboxylic acid groups (broad SMARTS) is 1. The lowest BCUT2D eigenvalue weighted by Gasteiger charge is -2.18. The number of rotatable bonds is 6. The molecular weight excluding hydrogens is 226 g/mol. The molecule has 0 unspecified atom stereocenters. The van der Waals surface area contributed by atoms with E-state index in [1.807, 2.05) is 0 Å². The molecule has 98 valence electrons. The minimum absolute atomic E-state index is 0.156. The van der Waals surface area contributed by atoms with E-state index in [0.717, 1.165) is 0 Å². The molecule has 7 nitrogen and oxygen atoms in total. The highest BCUT2D eigenvalue weighted by Gasteiger charge is 2.23. The number of carboxylic acids is 1. The Balaban J connectivity index is 3.99. The van der Waals surface area contributed by atoms with Crippen molar-refractivity contribution in [2.24, 2.45) is 5.92 Å². The average Bonchev–Trinajstić information content (AvgIpc) is 2.24. The Bertz CT molecular complexity index is 291. The van der Waals surface area contributed by atoms with Gasteiger partial charge in [-0.15, -0.1) is 0 Å². The first-order chi connectivity index (χ1) is 7.88. The second kappa shape index (κ2) is 7.48. The van der Waals surface area contributed by atoms with Crippen molar-refractivity contribution in [1.82, 2.24) is 16.0 Å². The second-order valence-electron chi connectivity index (χ2n) is 3.88. The first kappa shape index (κ1) is 15.2. The quantitative estimate of drug-likeness (QED) is 0.507. The van der Waals surface area contributed by atoms with E-state index in [1.165, 1.54) is 7.05 Å². The minimum atomic E-state index is -1.08. The fourth-order valence-corrected chi connectivity index (χ4v) is 1.12. The smallest absolute Gasteiger partial charge is 0.326 e. The molecule has 17 heavy (non-hydrogen) atoms. The van der Waals surface area contributed by atoms with Gasteiger partial charge in [-0.3, -0.25) is 4.79 Å².